The number of esters is 1. The highest BCUT2D eigenvalue weighted by Crippen LogP contribution is 2.24. The number of carbonyl (C=O) groups excluding carboxylic acids is 3. The molecule has 0 spiro atoms. The first-order valence-electron chi connectivity index (χ1n) is 10.5. The summed E-state index contributed by atoms with van der Waals surface area (Å²) in [6, 6.07) is 12.2. The molecule has 178 valence electrons. The number of amides is 2. The molecule has 2 aromatic rings. The second kappa shape index (κ2) is 11.8. The number of phenolic OH excluding ortho intramolecular Hbond substituents is 2. The highest BCUT2D eigenvalue weighted by atomic mass is 16.6. The molecule has 0 saturated heterocycles. The van der Waals surface area contributed by atoms with Crippen LogP contribution in [0.1, 0.15) is 38.3 Å². The molecule has 0 saturated carbocycles. The summed E-state index contributed by atoms with van der Waals surface area (Å²) in [5.41, 5.74) is 0.702. The van der Waals surface area contributed by atoms with Gasteiger partial charge in [0.2, 0.25) is 5.91 Å². The summed E-state index contributed by atoms with van der Waals surface area (Å²) in [7, 11) is 0. The molecule has 0 heterocycles. The maximum absolute atomic E-state index is 12.7. The highest BCUT2D eigenvalue weighted by Gasteiger charge is 2.27. The Morgan fingerprint density at radius 3 is 2.30 bits per heavy atom. The number of nitrogens with one attached hydrogen (secondary N) is 2. The molecule has 33 heavy (non-hydrogen) atoms. The number of hydrogen-bond acceptors (Lipinski definition) is 7. The summed E-state index contributed by atoms with van der Waals surface area (Å²) < 4.78 is 10.4. The Hall–Kier alpha value is -3.75. The van der Waals surface area contributed by atoms with Crippen LogP contribution in [-0.2, 0) is 32.1 Å². The van der Waals surface area contributed by atoms with Crippen molar-refractivity contribution in [2.24, 2.45) is 0 Å². The number of carbonyl (C=O) groups is 3. The first kappa shape index (κ1) is 25.5. The molecule has 0 fully saturated rings. The lowest BCUT2D eigenvalue weighted by Gasteiger charge is -2.23. The molecule has 0 unspecified atom stereocenters. The molecule has 0 aliphatic heterocycles. The monoisotopic (exact) mass is 458 g/mol. The Kier molecular flexibility index (Phi) is 9.08. The van der Waals surface area contributed by atoms with Gasteiger partial charge in [-0.1, -0.05) is 36.4 Å². The largest absolute Gasteiger partial charge is 0.504 e. The zero-order chi connectivity index (χ0) is 24.4. The predicted molar refractivity (Wildman–Crippen MR) is 120 cm³/mol. The van der Waals surface area contributed by atoms with E-state index in [1.54, 1.807) is 39.0 Å². The number of rotatable bonds is 9. The first-order chi connectivity index (χ1) is 15.5. The van der Waals surface area contributed by atoms with Crippen molar-refractivity contribution in [1.29, 1.82) is 0 Å². The number of phenols is 2. The van der Waals surface area contributed by atoms with E-state index < -0.39 is 29.6 Å². The third-order valence-corrected chi connectivity index (χ3v) is 4.37. The van der Waals surface area contributed by atoms with Crippen LogP contribution in [0.4, 0.5) is 4.79 Å². The molecule has 9 nitrogen and oxygen atoms in total. The fraction of sp³-hybridized carbons (Fsp3) is 0.375. The van der Waals surface area contributed by atoms with Crippen molar-refractivity contribution >= 4 is 18.0 Å². The van der Waals surface area contributed by atoms with Gasteiger partial charge in [0, 0.05) is 6.54 Å². The van der Waals surface area contributed by atoms with Gasteiger partial charge in [-0.2, -0.15) is 0 Å². The van der Waals surface area contributed by atoms with E-state index in [9.17, 15) is 24.6 Å². The normalized spacial score (nSPS) is 11.8. The third kappa shape index (κ3) is 9.51. The summed E-state index contributed by atoms with van der Waals surface area (Å²) in [4.78, 5) is 37.2. The maximum Gasteiger partial charge on any atom is 0.408 e. The standard InChI is InChI=1S/C24H30N2O7/c1-24(2,3)33-23(31)26-18(14-21(29)32-15-17-7-5-4-6-8-17)22(30)25-12-11-16-9-10-19(27)20(28)13-16/h4-10,13,18,27-28H,11-12,14-15H2,1-3H3,(H,25,30)(H,26,31)/t18-/m0/s1. The summed E-state index contributed by atoms with van der Waals surface area (Å²) >= 11 is 0. The predicted octanol–water partition coefficient (Wildman–Crippen LogP) is 2.78. The highest BCUT2D eigenvalue weighted by molar-refractivity contribution is 5.89. The van der Waals surface area contributed by atoms with Crippen molar-refractivity contribution in [1.82, 2.24) is 10.6 Å². The molecule has 0 radical (unpaired) electrons. The second-order valence-electron chi connectivity index (χ2n) is 8.41. The van der Waals surface area contributed by atoms with E-state index >= 15 is 0 Å². The van der Waals surface area contributed by atoms with E-state index in [1.165, 1.54) is 12.1 Å². The lowest BCUT2D eigenvalue weighted by atomic mass is 10.1. The number of aromatic hydroxyl groups is 2. The lowest BCUT2D eigenvalue weighted by Crippen LogP contribution is -2.49. The molecule has 0 bridgehead atoms. The molecule has 0 aliphatic rings. The minimum Gasteiger partial charge on any atom is -0.504 e. The smallest absolute Gasteiger partial charge is 0.408 e. The van der Waals surface area contributed by atoms with Crippen molar-refractivity contribution in [3.8, 4) is 11.5 Å². The molecule has 2 aromatic carbocycles. The van der Waals surface area contributed by atoms with Gasteiger partial charge in [-0.25, -0.2) is 4.79 Å². The molecular weight excluding hydrogens is 428 g/mol. The summed E-state index contributed by atoms with van der Waals surface area (Å²) in [5, 5.41) is 24.0. The van der Waals surface area contributed by atoms with Gasteiger partial charge >= 0.3 is 12.1 Å². The van der Waals surface area contributed by atoms with Crippen LogP contribution in [-0.4, -0.2) is 46.4 Å². The van der Waals surface area contributed by atoms with E-state index in [1.807, 2.05) is 18.2 Å². The number of hydrogen-bond donors (Lipinski definition) is 4. The SMILES string of the molecule is CC(C)(C)OC(=O)N[C@@H](CC(=O)OCc1ccccc1)C(=O)NCCc1ccc(O)c(O)c1. The van der Waals surface area contributed by atoms with Crippen LogP contribution in [0, 0.1) is 0 Å². The molecular formula is C24H30N2O7. The van der Waals surface area contributed by atoms with E-state index in [-0.39, 0.29) is 31.1 Å². The fourth-order valence-electron chi connectivity index (χ4n) is 2.80. The minimum atomic E-state index is -1.20. The topological polar surface area (TPSA) is 134 Å². The van der Waals surface area contributed by atoms with Gasteiger partial charge in [0.1, 0.15) is 18.2 Å². The average Bonchev–Trinajstić information content (AvgIpc) is 2.73. The molecule has 0 aromatic heterocycles. The van der Waals surface area contributed by atoms with Crippen LogP contribution in [0.15, 0.2) is 48.5 Å². The van der Waals surface area contributed by atoms with Gasteiger partial charge in [-0.3, -0.25) is 9.59 Å². The Morgan fingerprint density at radius 1 is 0.970 bits per heavy atom. The van der Waals surface area contributed by atoms with Gasteiger partial charge in [0.25, 0.3) is 0 Å². The fourth-order valence-corrected chi connectivity index (χ4v) is 2.80. The Morgan fingerprint density at radius 2 is 1.67 bits per heavy atom. The van der Waals surface area contributed by atoms with E-state index in [0.717, 1.165) is 5.56 Å². The van der Waals surface area contributed by atoms with Gasteiger partial charge in [0.05, 0.1) is 6.42 Å². The van der Waals surface area contributed by atoms with Gasteiger partial charge < -0.3 is 30.3 Å². The Labute approximate surface area is 192 Å². The van der Waals surface area contributed by atoms with Crippen LogP contribution < -0.4 is 10.6 Å². The lowest BCUT2D eigenvalue weighted by molar-refractivity contribution is -0.147. The number of ether oxygens (including phenoxy) is 2. The van der Waals surface area contributed by atoms with Crippen molar-refractivity contribution in [3.63, 3.8) is 0 Å². The van der Waals surface area contributed by atoms with Crippen LogP contribution in [0.5, 0.6) is 11.5 Å². The molecule has 2 amide bonds. The molecule has 1 atom stereocenters. The van der Waals surface area contributed by atoms with E-state index in [2.05, 4.69) is 10.6 Å². The number of alkyl carbamates (subject to hydrolysis) is 1. The Bertz CT molecular complexity index is 955. The summed E-state index contributed by atoms with van der Waals surface area (Å²) in [6.07, 6.45) is -0.850. The van der Waals surface area contributed by atoms with Crippen LogP contribution >= 0.6 is 0 Å². The van der Waals surface area contributed by atoms with Crippen molar-refractivity contribution in [2.45, 2.75) is 51.9 Å². The molecule has 9 heteroatoms. The average molecular weight is 459 g/mol. The van der Waals surface area contributed by atoms with Gasteiger partial charge in [-0.05, 0) is 50.5 Å². The second-order valence-corrected chi connectivity index (χ2v) is 8.41. The number of benzene rings is 2. The van der Waals surface area contributed by atoms with Crippen LogP contribution in [0.3, 0.4) is 0 Å². The van der Waals surface area contributed by atoms with E-state index in [4.69, 9.17) is 9.47 Å². The zero-order valence-corrected chi connectivity index (χ0v) is 19.0. The van der Waals surface area contributed by atoms with Crippen LogP contribution in [0.25, 0.3) is 0 Å². The zero-order valence-electron chi connectivity index (χ0n) is 19.0. The van der Waals surface area contributed by atoms with Crippen molar-refractivity contribution in [3.05, 3.63) is 59.7 Å². The maximum atomic E-state index is 12.7. The molecule has 4 N–H and O–H groups in total. The summed E-state index contributed by atoms with van der Waals surface area (Å²) in [5.74, 6) is -1.73. The van der Waals surface area contributed by atoms with Crippen LogP contribution in [0.2, 0.25) is 0 Å². The van der Waals surface area contributed by atoms with Crippen molar-refractivity contribution < 1.29 is 34.1 Å². The minimum absolute atomic E-state index is 0.0464. The van der Waals surface area contributed by atoms with Crippen molar-refractivity contribution in [2.75, 3.05) is 6.54 Å². The molecule has 2 rings (SSSR count). The first-order valence-corrected chi connectivity index (χ1v) is 10.5. The van der Waals surface area contributed by atoms with E-state index in [0.29, 0.717) is 12.0 Å². The quantitative estimate of drug-likeness (QED) is 0.335. The Balaban J connectivity index is 1.95. The molecule has 0 aliphatic carbocycles. The summed E-state index contributed by atoms with van der Waals surface area (Å²) in [6.45, 7) is 5.27. The van der Waals surface area contributed by atoms with Gasteiger partial charge in [-0.15, -0.1) is 0 Å². The van der Waals surface area contributed by atoms with Gasteiger partial charge in [0.15, 0.2) is 11.5 Å². The third-order valence-electron chi connectivity index (χ3n) is 4.37.